The molecule has 1 amide bonds. The Morgan fingerprint density at radius 1 is 1.04 bits per heavy atom. The van der Waals surface area contributed by atoms with E-state index in [9.17, 15) is 14.4 Å². The SMILES string of the molecule is CC(=O)c1ccccc1NC(=O)COC(=O)[C@H](c1ccc(Cl)cc1)C(C)C. The third-order valence-electron chi connectivity index (χ3n) is 4.08. The molecule has 0 saturated carbocycles. The lowest BCUT2D eigenvalue weighted by Gasteiger charge is -2.20. The summed E-state index contributed by atoms with van der Waals surface area (Å²) in [4.78, 5) is 36.3. The molecule has 2 aromatic rings. The van der Waals surface area contributed by atoms with Crippen molar-refractivity contribution in [2.45, 2.75) is 26.7 Å². The highest BCUT2D eigenvalue weighted by atomic mass is 35.5. The van der Waals surface area contributed by atoms with E-state index in [2.05, 4.69) is 5.32 Å². The van der Waals surface area contributed by atoms with E-state index in [4.69, 9.17) is 16.3 Å². The topological polar surface area (TPSA) is 72.5 Å². The fraction of sp³-hybridized carbons (Fsp3) is 0.286. The average Bonchev–Trinajstić information content (AvgIpc) is 2.62. The van der Waals surface area contributed by atoms with E-state index < -0.39 is 24.4 Å². The van der Waals surface area contributed by atoms with Gasteiger partial charge in [-0.3, -0.25) is 14.4 Å². The number of rotatable bonds is 7. The number of ether oxygens (including phenoxy) is 1. The zero-order valence-electron chi connectivity index (χ0n) is 15.5. The Hall–Kier alpha value is -2.66. The normalized spacial score (nSPS) is 11.7. The summed E-state index contributed by atoms with van der Waals surface area (Å²) in [5.41, 5.74) is 1.57. The molecule has 0 fully saturated rings. The molecule has 2 aromatic carbocycles. The number of ketones is 1. The molecule has 1 N–H and O–H groups in total. The van der Waals surface area contributed by atoms with Crippen LogP contribution in [0.1, 0.15) is 42.6 Å². The summed E-state index contributed by atoms with van der Waals surface area (Å²) in [6.07, 6.45) is 0. The Labute approximate surface area is 163 Å². The van der Waals surface area contributed by atoms with Gasteiger partial charge in [-0.2, -0.15) is 0 Å². The highest BCUT2D eigenvalue weighted by Gasteiger charge is 2.26. The predicted molar refractivity (Wildman–Crippen MR) is 105 cm³/mol. The van der Waals surface area contributed by atoms with Crippen molar-refractivity contribution in [1.82, 2.24) is 0 Å². The average molecular weight is 388 g/mol. The van der Waals surface area contributed by atoms with Crippen LogP contribution in [0.2, 0.25) is 5.02 Å². The van der Waals surface area contributed by atoms with E-state index >= 15 is 0 Å². The summed E-state index contributed by atoms with van der Waals surface area (Å²) < 4.78 is 5.22. The van der Waals surface area contributed by atoms with Crippen molar-refractivity contribution in [2.24, 2.45) is 5.92 Å². The Morgan fingerprint density at radius 3 is 2.26 bits per heavy atom. The first-order valence-electron chi connectivity index (χ1n) is 8.61. The van der Waals surface area contributed by atoms with Gasteiger partial charge in [0.1, 0.15) is 0 Å². The molecule has 27 heavy (non-hydrogen) atoms. The molecule has 0 aromatic heterocycles. The molecule has 0 bridgehead atoms. The first kappa shape index (κ1) is 20.6. The number of Topliss-reactive ketones (excluding diaryl/α,β-unsaturated/α-hetero) is 1. The predicted octanol–water partition coefficient (Wildman–Crippen LogP) is 4.46. The van der Waals surface area contributed by atoms with Gasteiger partial charge in [-0.25, -0.2) is 0 Å². The summed E-state index contributed by atoms with van der Waals surface area (Å²) in [6.45, 7) is 4.81. The number of benzene rings is 2. The quantitative estimate of drug-likeness (QED) is 0.562. The fourth-order valence-electron chi connectivity index (χ4n) is 2.78. The summed E-state index contributed by atoms with van der Waals surface area (Å²) in [5.74, 6) is -1.66. The lowest BCUT2D eigenvalue weighted by Crippen LogP contribution is -2.26. The molecule has 0 heterocycles. The molecule has 0 aliphatic heterocycles. The molecule has 0 radical (unpaired) electrons. The van der Waals surface area contributed by atoms with Crippen molar-refractivity contribution in [3.05, 3.63) is 64.7 Å². The van der Waals surface area contributed by atoms with Crippen LogP contribution in [0.25, 0.3) is 0 Å². The summed E-state index contributed by atoms with van der Waals surface area (Å²) in [5, 5.41) is 3.19. The van der Waals surface area contributed by atoms with Crippen LogP contribution in [0.3, 0.4) is 0 Å². The van der Waals surface area contributed by atoms with Crippen molar-refractivity contribution in [2.75, 3.05) is 11.9 Å². The number of para-hydroxylation sites is 1. The van der Waals surface area contributed by atoms with Gasteiger partial charge in [-0.05, 0) is 42.7 Å². The van der Waals surface area contributed by atoms with Crippen LogP contribution in [0.15, 0.2) is 48.5 Å². The number of hydrogen-bond acceptors (Lipinski definition) is 4. The summed E-state index contributed by atoms with van der Waals surface area (Å²) in [6, 6.07) is 13.7. The van der Waals surface area contributed by atoms with E-state index in [0.29, 0.717) is 16.3 Å². The fourth-order valence-corrected chi connectivity index (χ4v) is 2.90. The van der Waals surface area contributed by atoms with Crippen molar-refractivity contribution in [3.8, 4) is 0 Å². The van der Waals surface area contributed by atoms with E-state index in [-0.39, 0.29) is 11.7 Å². The van der Waals surface area contributed by atoms with Crippen LogP contribution >= 0.6 is 11.6 Å². The highest BCUT2D eigenvalue weighted by Crippen LogP contribution is 2.27. The Bertz CT molecular complexity index is 830. The van der Waals surface area contributed by atoms with Gasteiger partial charge in [-0.15, -0.1) is 0 Å². The van der Waals surface area contributed by atoms with Crippen LogP contribution in [-0.2, 0) is 14.3 Å². The molecular weight excluding hydrogens is 366 g/mol. The van der Waals surface area contributed by atoms with Crippen LogP contribution in [0.4, 0.5) is 5.69 Å². The first-order chi connectivity index (χ1) is 12.8. The summed E-state index contributed by atoms with van der Waals surface area (Å²) >= 11 is 5.90. The first-order valence-corrected chi connectivity index (χ1v) is 8.99. The third kappa shape index (κ3) is 5.66. The van der Waals surface area contributed by atoms with Crippen LogP contribution < -0.4 is 5.32 Å². The van der Waals surface area contributed by atoms with Crippen molar-refractivity contribution < 1.29 is 19.1 Å². The number of carbonyl (C=O) groups is 3. The molecule has 0 saturated heterocycles. The zero-order valence-corrected chi connectivity index (χ0v) is 16.2. The van der Waals surface area contributed by atoms with Crippen LogP contribution in [0.5, 0.6) is 0 Å². The number of halogens is 1. The number of amides is 1. The second-order valence-electron chi connectivity index (χ2n) is 6.53. The minimum absolute atomic E-state index is 0.0137. The van der Waals surface area contributed by atoms with Crippen molar-refractivity contribution >= 4 is 34.9 Å². The lowest BCUT2D eigenvalue weighted by atomic mass is 9.88. The number of hydrogen-bond donors (Lipinski definition) is 1. The molecule has 142 valence electrons. The molecule has 0 aliphatic rings. The van der Waals surface area contributed by atoms with E-state index in [1.807, 2.05) is 13.8 Å². The van der Waals surface area contributed by atoms with Gasteiger partial charge in [0.15, 0.2) is 12.4 Å². The van der Waals surface area contributed by atoms with Crippen LogP contribution in [0, 0.1) is 5.92 Å². The number of anilines is 1. The van der Waals surface area contributed by atoms with E-state index in [1.54, 1.807) is 48.5 Å². The number of nitrogens with one attached hydrogen (secondary N) is 1. The van der Waals surface area contributed by atoms with E-state index in [1.165, 1.54) is 6.92 Å². The smallest absolute Gasteiger partial charge is 0.314 e. The lowest BCUT2D eigenvalue weighted by molar-refractivity contribution is -0.149. The maximum absolute atomic E-state index is 12.5. The maximum atomic E-state index is 12.5. The number of esters is 1. The second kappa shape index (κ2) is 9.33. The molecule has 6 heteroatoms. The van der Waals surface area contributed by atoms with Crippen molar-refractivity contribution in [3.63, 3.8) is 0 Å². The minimum atomic E-state index is -0.504. The number of carbonyl (C=O) groups excluding carboxylic acids is 3. The largest absolute Gasteiger partial charge is 0.455 e. The second-order valence-corrected chi connectivity index (χ2v) is 6.97. The van der Waals surface area contributed by atoms with Crippen molar-refractivity contribution in [1.29, 1.82) is 0 Å². The molecule has 1 atom stereocenters. The molecule has 2 rings (SSSR count). The third-order valence-corrected chi connectivity index (χ3v) is 4.33. The standard InChI is InChI=1S/C21H22ClNO4/c1-13(2)20(15-8-10-16(22)11-9-15)21(26)27-12-19(25)23-18-7-5-4-6-17(18)14(3)24/h4-11,13,20H,12H2,1-3H3,(H,23,25)/t20-/m0/s1. The Morgan fingerprint density at radius 2 is 1.67 bits per heavy atom. The Kier molecular flexibility index (Phi) is 7.13. The van der Waals surface area contributed by atoms with Crippen LogP contribution in [-0.4, -0.2) is 24.3 Å². The molecule has 5 nitrogen and oxygen atoms in total. The molecule has 0 spiro atoms. The molecule has 0 unspecified atom stereocenters. The van der Waals surface area contributed by atoms with Gasteiger partial charge in [0.2, 0.25) is 0 Å². The zero-order chi connectivity index (χ0) is 20.0. The summed E-state index contributed by atoms with van der Waals surface area (Å²) in [7, 11) is 0. The highest BCUT2D eigenvalue weighted by molar-refractivity contribution is 6.30. The Balaban J connectivity index is 2.02. The van der Waals surface area contributed by atoms with Gasteiger partial charge in [0.25, 0.3) is 5.91 Å². The molecular formula is C21H22ClNO4. The molecule has 0 aliphatic carbocycles. The van der Waals surface area contributed by atoms with Gasteiger partial charge in [0.05, 0.1) is 11.6 Å². The van der Waals surface area contributed by atoms with Gasteiger partial charge < -0.3 is 10.1 Å². The maximum Gasteiger partial charge on any atom is 0.314 e. The van der Waals surface area contributed by atoms with Gasteiger partial charge >= 0.3 is 5.97 Å². The van der Waals surface area contributed by atoms with E-state index in [0.717, 1.165) is 5.56 Å². The monoisotopic (exact) mass is 387 g/mol. The van der Waals surface area contributed by atoms with Gasteiger partial charge in [0, 0.05) is 10.6 Å². The van der Waals surface area contributed by atoms with Gasteiger partial charge in [-0.1, -0.05) is 49.7 Å². The minimum Gasteiger partial charge on any atom is -0.455 e.